The van der Waals surface area contributed by atoms with E-state index in [1.807, 2.05) is 18.2 Å². The zero-order valence-electron chi connectivity index (χ0n) is 20.4. The summed E-state index contributed by atoms with van der Waals surface area (Å²) in [5.41, 5.74) is 4.31. The highest BCUT2D eigenvalue weighted by Gasteiger charge is 2.30. The van der Waals surface area contributed by atoms with Gasteiger partial charge >= 0.3 is 0 Å². The molecule has 2 aromatic rings. The zero-order valence-corrected chi connectivity index (χ0v) is 20.4. The highest BCUT2D eigenvalue weighted by Crippen LogP contribution is 2.32. The number of carbonyl (C=O) groups excluding carboxylic acids is 1. The molecule has 1 N–H and O–H groups in total. The van der Waals surface area contributed by atoms with Crippen molar-refractivity contribution >= 4 is 12.0 Å². The second kappa shape index (κ2) is 10.2. The first-order chi connectivity index (χ1) is 16.6. The minimum atomic E-state index is 0.0252. The fraction of sp³-hybridized carbons (Fsp3) is 0.483. The van der Waals surface area contributed by atoms with Crippen molar-refractivity contribution in [2.24, 2.45) is 5.92 Å². The lowest BCUT2D eigenvalue weighted by atomic mass is 9.89. The average molecular weight is 461 g/mol. The number of hydrogen-bond donors (Lipinski definition) is 1. The largest absolute Gasteiger partial charge is 0.497 e. The van der Waals surface area contributed by atoms with Crippen molar-refractivity contribution in [2.45, 2.75) is 51.0 Å². The molecule has 5 heteroatoms. The fourth-order valence-electron chi connectivity index (χ4n) is 5.74. The van der Waals surface area contributed by atoms with Crippen LogP contribution in [0.3, 0.4) is 0 Å². The van der Waals surface area contributed by atoms with E-state index < -0.39 is 0 Å². The molecule has 5 nitrogen and oxygen atoms in total. The number of benzene rings is 2. The predicted molar refractivity (Wildman–Crippen MR) is 135 cm³/mol. The Kier molecular flexibility index (Phi) is 6.91. The van der Waals surface area contributed by atoms with E-state index in [0.717, 1.165) is 55.1 Å². The first kappa shape index (κ1) is 23.0. The van der Waals surface area contributed by atoms with E-state index in [4.69, 9.17) is 9.47 Å². The van der Waals surface area contributed by atoms with Gasteiger partial charge < -0.3 is 19.7 Å². The summed E-state index contributed by atoms with van der Waals surface area (Å²) in [5, 5.41) is 3.28. The third-order valence-corrected chi connectivity index (χ3v) is 7.74. The first-order valence-corrected chi connectivity index (χ1v) is 12.7. The normalized spacial score (nSPS) is 23.1. The van der Waals surface area contributed by atoms with E-state index in [0.29, 0.717) is 18.4 Å². The fourth-order valence-corrected chi connectivity index (χ4v) is 5.74. The third-order valence-electron chi connectivity index (χ3n) is 7.74. The number of piperidine rings is 1. The van der Waals surface area contributed by atoms with Gasteiger partial charge in [-0.15, -0.1) is 0 Å². The molecule has 3 aliphatic rings. The van der Waals surface area contributed by atoms with Gasteiger partial charge in [-0.2, -0.15) is 0 Å². The molecule has 2 aromatic carbocycles. The number of rotatable bonds is 6. The molecule has 34 heavy (non-hydrogen) atoms. The van der Waals surface area contributed by atoms with Crippen molar-refractivity contribution in [3.05, 3.63) is 64.7 Å². The topological polar surface area (TPSA) is 50.8 Å². The van der Waals surface area contributed by atoms with Gasteiger partial charge in [0.15, 0.2) is 0 Å². The molecule has 0 aromatic heterocycles. The Morgan fingerprint density at radius 1 is 1.09 bits per heavy atom. The number of nitrogens with zero attached hydrogens (tertiary/aromatic N) is 1. The summed E-state index contributed by atoms with van der Waals surface area (Å²) in [4.78, 5) is 15.5. The Bertz CT molecular complexity index is 1040. The van der Waals surface area contributed by atoms with E-state index in [1.54, 1.807) is 7.11 Å². The van der Waals surface area contributed by atoms with Crippen LogP contribution in [0.1, 0.15) is 54.7 Å². The van der Waals surface area contributed by atoms with Crippen LogP contribution in [0.25, 0.3) is 6.08 Å². The molecule has 2 heterocycles. The molecule has 0 bridgehead atoms. The van der Waals surface area contributed by atoms with Gasteiger partial charge in [-0.3, -0.25) is 4.79 Å². The van der Waals surface area contributed by atoms with Crippen LogP contribution >= 0.6 is 0 Å². The molecule has 1 saturated carbocycles. The molecule has 2 atom stereocenters. The van der Waals surface area contributed by atoms with E-state index in [2.05, 4.69) is 47.5 Å². The molecule has 0 spiro atoms. The van der Waals surface area contributed by atoms with Crippen LogP contribution in [0.5, 0.6) is 11.5 Å². The molecular formula is C29H36N2O3. The maximum Gasteiger partial charge on any atom is 0.250 e. The van der Waals surface area contributed by atoms with Crippen molar-refractivity contribution in [1.82, 2.24) is 10.2 Å². The van der Waals surface area contributed by atoms with Crippen molar-refractivity contribution in [1.29, 1.82) is 0 Å². The molecule has 180 valence electrons. The SMILES string of the molecule is COc1ccc(C2CCN(CC3CCC(NC(=O)C4=Cc5ccc(C)cc5OC4)C3)CC2)cc1. The average Bonchev–Trinajstić information content (AvgIpc) is 3.30. The molecule has 1 saturated heterocycles. The van der Waals surface area contributed by atoms with Crippen LogP contribution in [0.2, 0.25) is 0 Å². The lowest BCUT2D eigenvalue weighted by molar-refractivity contribution is -0.118. The first-order valence-electron chi connectivity index (χ1n) is 12.7. The van der Waals surface area contributed by atoms with Gasteiger partial charge in [-0.25, -0.2) is 0 Å². The van der Waals surface area contributed by atoms with Gasteiger partial charge in [0.2, 0.25) is 0 Å². The van der Waals surface area contributed by atoms with Crippen molar-refractivity contribution in [2.75, 3.05) is 33.4 Å². The summed E-state index contributed by atoms with van der Waals surface area (Å²) in [6.45, 7) is 5.87. The molecule has 5 rings (SSSR count). The summed E-state index contributed by atoms with van der Waals surface area (Å²) in [7, 11) is 1.72. The monoisotopic (exact) mass is 460 g/mol. The van der Waals surface area contributed by atoms with Gasteiger partial charge in [-0.05, 0) is 99.4 Å². The zero-order chi connectivity index (χ0) is 23.5. The van der Waals surface area contributed by atoms with Gasteiger partial charge in [0.05, 0.1) is 12.7 Å². The minimum Gasteiger partial charge on any atom is -0.497 e. The highest BCUT2D eigenvalue weighted by atomic mass is 16.5. The van der Waals surface area contributed by atoms with Gasteiger partial charge in [-0.1, -0.05) is 24.3 Å². The number of amides is 1. The molecule has 2 aliphatic heterocycles. The van der Waals surface area contributed by atoms with Gasteiger partial charge in [0.1, 0.15) is 18.1 Å². The summed E-state index contributed by atoms with van der Waals surface area (Å²) in [5.74, 6) is 3.14. The Balaban J connectivity index is 1.07. The number of hydrogen-bond acceptors (Lipinski definition) is 4. The molecule has 2 fully saturated rings. The Morgan fingerprint density at radius 3 is 2.65 bits per heavy atom. The standard InChI is InChI=1S/C29H36N2O3/c1-20-3-5-24-17-25(19-34-28(24)15-20)29(32)30-26-8-4-21(16-26)18-31-13-11-23(12-14-31)22-6-9-27(33-2)10-7-22/h3,5-7,9-10,15,17,21,23,26H,4,8,11-14,16,18-19H2,1-2H3,(H,30,32). The van der Waals surface area contributed by atoms with Crippen LogP contribution < -0.4 is 14.8 Å². The van der Waals surface area contributed by atoms with E-state index >= 15 is 0 Å². The van der Waals surface area contributed by atoms with Crippen LogP contribution in [-0.2, 0) is 4.79 Å². The van der Waals surface area contributed by atoms with E-state index in [1.165, 1.54) is 30.4 Å². The predicted octanol–water partition coefficient (Wildman–Crippen LogP) is 4.94. The number of aryl methyl sites for hydroxylation is 1. The van der Waals surface area contributed by atoms with Crippen molar-refractivity contribution < 1.29 is 14.3 Å². The highest BCUT2D eigenvalue weighted by molar-refractivity contribution is 5.99. The second-order valence-electron chi connectivity index (χ2n) is 10.2. The number of carbonyl (C=O) groups is 1. The molecule has 1 amide bonds. The summed E-state index contributed by atoms with van der Waals surface area (Å²) < 4.78 is 11.1. The maximum absolute atomic E-state index is 12.9. The lowest BCUT2D eigenvalue weighted by Crippen LogP contribution is -2.38. The molecule has 0 radical (unpaired) electrons. The Morgan fingerprint density at radius 2 is 1.88 bits per heavy atom. The number of likely N-dealkylation sites (tertiary alicyclic amines) is 1. The smallest absolute Gasteiger partial charge is 0.250 e. The van der Waals surface area contributed by atoms with Crippen LogP contribution in [0.4, 0.5) is 0 Å². The van der Waals surface area contributed by atoms with Crippen LogP contribution in [0, 0.1) is 12.8 Å². The summed E-state index contributed by atoms with van der Waals surface area (Å²) in [6.07, 6.45) is 7.76. The van der Waals surface area contributed by atoms with E-state index in [9.17, 15) is 4.79 Å². The Hall–Kier alpha value is -2.79. The van der Waals surface area contributed by atoms with Gasteiger partial charge in [0.25, 0.3) is 5.91 Å². The number of ether oxygens (including phenoxy) is 2. The van der Waals surface area contributed by atoms with Crippen LogP contribution in [-0.4, -0.2) is 50.2 Å². The third kappa shape index (κ3) is 5.30. The van der Waals surface area contributed by atoms with Crippen LogP contribution in [0.15, 0.2) is 48.0 Å². The lowest BCUT2D eigenvalue weighted by Gasteiger charge is -2.33. The minimum absolute atomic E-state index is 0.0252. The van der Waals surface area contributed by atoms with Crippen molar-refractivity contribution in [3.8, 4) is 11.5 Å². The summed E-state index contributed by atoms with van der Waals surface area (Å²) in [6, 6.07) is 15.0. The van der Waals surface area contributed by atoms with Crippen molar-refractivity contribution in [3.63, 3.8) is 0 Å². The maximum atomic E-state index is 12.9. The number of fused-ring (bicyclic) bond motifs is 1. The number of methoxy groups -OCH3 is 1. The quantitative estimate of drug-likeness (QED) is 0.663. The van der Waals surface area contributed by atoms with E-state index in [-0.39, 0.29) is 11.9 Å². The molecule has 1 aliphatic carbocycles. The van der Waals surface area contributed by atoms with Gasteiger partial charge in [0, 0.05) is 18.2 Å². The second-order valence-corrected chi connectivity index (χ2v) is 10.2. The molecular weight excluding hydrogens is 424 g/mol. The summed E-state index contributed by atoms with van der Waals surface area (Å²) >= 11 is 0. The Labute approximate surface area is 203 Å². The number of nitrogens with one attached hydrogen (secondary N) is 1. The molecule has 2 unspecified atom stereocenters.